The van der Waals surface area contributed by atoms with Gasteiger partial charge in [0, 0.05) is 6.07 Å². The van der Waals surface area contributed by atoms with Crippen LogP contribution in [0, 0.1) is 10.1 Å². The Labute approximate surface area is 97.5 Å². The fourth-order valence-electron chi connectivity index (χ4n) is 0.920. The van der Waals surface area contributed by atoms with Gasteiger partial charge < -0.3 is 10.5 Å². The van der Waals surface area contributed by atoms with E-state index in [4.69, 9.17) is 5.73 Å². The van der Waals surface area contributed by atoms with Gasteiger partial charge in [0.1, 0.15) is 5.82 Å². The first-order valence-corrected chi connectivity index (χ1v) is 4.43. The van der Waals surface area contributed by atoms with Gasteiger partial charge in [-0.1, -0.05) is 0 Å². The second-order valence-electron chi connectivity index (χ2n) is 3.17. The molecule has 2 N–H and O–H groups in total. The number of hydrogen-bond donors (Lipinski definition) is 1. The minimum absolute atomic E-state index is 0.226. The summed E-state index contributed by atoms with van der Waals surface area (Å²) in [7, 11) is 0. The number of halogens is 4. The third kappa shape index (κ3) is 3.18. The van der Waals surface area contributed by atoms with E-state index in [0.717, 1.165) is 12.1 Å². The quantitative estimate of drug-likeness (QED) is 0.500. The zero-order valence-electron chi connectivity index (χ0n) is 8.65. The molecule has 0 aliphatic rings. The summed E-state index contributed by atoms with van der Waals surface area (Å²) in [6.45, 7) is -1.73. The van der Waals surface area contributed by atoms with Crippen molar-refractivity contribution in [3.05, 3.63) is 22.2 Å². The number of nitrogens with two attached hydrogens (primary N) is 1. The van der Waals surface area contributed by atoms with Crippen LogP contribution in [0.15, 0.2) is 12.1 Å². The number of hydrogen-bond acceptors (Lipinski definition) is 5. The first-order chi connectivity index (χ1) is 8.24. The number of alkyl halides is 4. The van der Waals surface area contributed by atoms with E-state index in [-0.39, 0.29) is 5.82 Å². The van der Waals surface area contributed by atoms with E-state index in [2.05, 4.69) is 9.72 Å². The van der Waals surface area contributed by atoms with Crippen molar-refractivity contribution in [1.82, 2.24) is 4.98 Å². The Morgan fingerprint density at radius 2 is 2.11 bits per heavy atom. The summed E-state index contributed by atoms with van der Waals surface area (Å²) >= 11 is 0. The van der Waals surface area contributed by atoms with Gasteiger partial charge in [-0.2, -0.15) is 13.8 Å². The third-order valence-corrected chi connectivity index (χ3v) is 1.78. The predicted octanol–water partition coefficient (Wildman–Crippen LogP) is 1.85. The molecule has 1 aromatic heterocycles. The van der Waals surface area contributed by atoms with Crippen molar-refractivity contribution in [2.75, 3.05) is 12.3 Å². The zero-order valence-corrected chi connectivity index (χ0v) is 8.65. The Kier molecular flexibility index (Phi) is 3.89. The number of ether oxygens (including phenoxy) is 1. The Bertz CT molecular complexity index is 455. The minimum atomic E-state index is -4.43. The van der Waals surface area contributed by atoms with Crippen LogP contribution >= 0.6 is 0 Å². The first kappa shape index (κ1) is 13.9. The Morgan fingerprint density at radius 3 is 2.61 bits per heavy atom. The highest BCUT2D eigenvalue weighted by Gasteiger charge is 2.42. The summed E-state index contributed by atoms with van der Waals surface area (Å²) in [5, 5.41) is 10.5. The Morgan fingerprint density at radius 1 is 1.50 bits per heavy atom. The summed E-state index contributed by atoms with van der Waals surface area (Å²) in [5.41, 5.74) is 4.44. The number of nitrogen functional groups attached to an aromatic ring is 1. The number of aromatic nitrogens is 1. The van der Waals surface area contributed by atoms with Gasteiger partial charge in [0.15, 0.2) is 6.61 Å². The van der Waals surface area contributed by atoms with E-state index >= 15 is 0 Å². The molecule has 0 fully saturated rings. The molecule has 0 atom stereocenters. The SMILES string of the molecule is Nc1ccc([N+](=O)[O-])c(OCC(F)(F)C(F)F)n1. The largest absolute Gasteiger partial charge is 0.466 e. The average molecular weight is 269 g/mol. The molecule has 6 nitrogen and oxygen atoms in total. The highest BCUT2D eigenvalue weighted by molar-refractivity contribution is 5.46. The molecule has 10 heteroatoms. The van der Waals surface area contributed by atoms with E-state index < -0.39 is 35.4 Å². The molecule has 0 aliphatic carbocycles. The molecule has 0 aliphatic heterocycles. The van der Waals surface area contributed by atoms with Crippen LogP contribution in [-0.4, -0.2) is 28.9 Å². The van der Waals surface area contributed by atoms with Crippen molar-refractivity contribution < 1.29 is 27.2 Å². The van der Waals surface area contributed by atoms with Gasteiger partial charge in [-0.15, -0.1) is 0 Å². The molecule has 0 unspecified atom stereocenters. The smallest absolute Gasteiger partial charge is 0.340 e. The highest BCUT2D eigenvalue weighted by atomic mass is 19.3. The van der Waals surface area contributed by atoms with Gasteiger partial charge in [0.05, 0.1) is 4.92 Å². The third-order valence-electron chi connectivity index (χ3n) is 1.78. The Hall–Kier alpha value is -2.13. The van der Waals surface area contributed by atoms with Crippen molar-refractivity contribution >= 4 is 11.5 Å². The van der Waals surface area contributed by atoms with Crippen molar-refractivity contribution in [2.45, 2.75) is 12.3 Å². The molecule has 0 spiro atoms. The van der Waals surface area contributed by atoms with E-state index in [9.17, 15) is 27.7 Å². The summed E-state index contributed by atoms with van der Waals surface area (Å²) in [6.07, 6.45) is -3.95. The van der Waals surface area contributed by atoms with Gasteiger partial charge in [-0.05, 0) is 6.07 Å². The minimum Gasteiger partial charge on any atom is -0.466 e. The molecular formula is C8H7F4N3O3. The lowest BCUT2D eigenvalue weighted by Gasteiger charge is -2.15. The van der Waals surface area contributed by atoms with Crippen molar-refractivity contribution in [3.63, 3.8) is 0 Å². The van der Waals surface area contributed by atoms with E-state index in [1.165, 1.54) is 0 Å². The van der Waals surface area contributed by atoms with Gasteiger partial charge in [-0.3, -0.25) is 10.1 Å². The molecule has 1 aromatic rings. The number of nitro groups is 1. The summed E-state index contributed by atoms with van der Waals surface area (Å²) < 4.78 is 53.1. The van der Waals surface area contributed by atoms with Crippen molar-refractivity contribution in [2.24, 2.45) is 0 Å². The van der Waals surface area contributed by atoms with Crippen LogP contribution in [0.4, 0.5) is 29.1 Å². The first-order valence-electron chi connectivity index (χ1n) is 4.43. The molecule has 18 heavy (non-hydrogen) atoms. The van der Waals surface area contributed by atoms with Crippen LogP contribution in [0.5, 0.6) is 5.88 Å². The molecule has 1 rings (SSSR count). The lowest BCUT2D eigenvalue weighted by Crippen LogP contribution is -2.34. The maximum Gasteiger partial charge on any atom is 0.340 e. The molecule has 100 valence electrons. The van der Waals surface area contributed by atoms with E-state index in [1.807, 2.05) is 0 Å². The van der Waals surface area contributed by atoms with Crippen LogP contribution in [0.25, 0.3) is 0 Å². The molecule has 0 radical (unpaired) electrons. The predicted molar refractivity (Wildman–Crippen MR) is 51.7 cm³/mol. The number of nitrogens with zero attached hydrogens (tertiary/aromatic N) is 2. The monoisotopic (exact) mass is 269 g/mol. The Balaban J connectivity index is 2.90. The molecule has 0 bridgehead atoms. The van der Waals surface area contributed by atoms with Gasteiger partial charge in [-0.25, -0.2) is 8.78 Å². The molecule has 0 saturated heterocycles. The fraction of sp³-hybridized carbons (Fsp3) is 0.375. The number of anilines is 1. The maximum atomic E-state index is 12.6. The maximum absolute atomic E-state index is 12.6. The van der Waals surface area contributed by atoms with Gasteiger partial charge >= 0.3 is 18.0 Å². The summed E-state index contributed by atoms with van der Waals surface area (Å²) in [6, 6.07) is 1.93. The summed E-state index contributed by atoms with van der Waals surface area (Å²) in [4.78, 5) is 12.8. The molecule has 0 amide bonds. The lowest BCUT2D eigenvalue weighted by molar-refractivity contribution is -0.386. The molecule has 0 saturated carbocycles. The normalized spacial score (nSPS) is 11.6. The summed E-state index contributed by atoms with van der Waals surface area (Å²) in [5.74, 6) is -5.49. The second-order valence-corrected chi connectivity index (χ2v) is 3.17. The zero-order chi connectivity index (χ0) is 13.9. The average Bonchev–Trinajstić information content (AvgIpc) is 2.26. The van der Waals surface area contributed by atoms with Crippen LogP contribution in [0.2, 0.25) is 0 Å². The van der Waals surface area contributed by atoms with Crippen LogP contribution < -0.4 is 10.5 Å². The van der Waals surface area contributed by atoms with Crippen LogP contribution in [0.1, 0.15) is 0 Å². The van der Waals surface area contributed by atoms with Gasteiger partial charge in [0.2, 0.25) is 0 Å². The number of pyridine rings is 1. The second kappa shape index (κ2) is 5.02. The fourth-order valence-corrected chi connectivity index (χ4v) is 0.920. The standard InChI is InChI=1S/C8H7F4N3O3/c9-7(10)8(11,12)3-18-6-4(15(16)17)1-2-5(13)14-6/h1-2,7H,3H2,(H2,13,14). The van der Waals surface area contributed by atoms with Gasteiger partial charge in [0.25, 0.3) is 5.88 Å². The van der Waals surface area contributed by atoms with Crippen molar-refractivity contribution in [1.29, 1.82) is 0 Å². The van der Waals surface area contributed by atoms with Crippen LogP contribution in [0.3, 0.4) is 0 Å². The van der Waals surface area contributed by atoms with Crippen molar-refractivity contribution in [3.8, 4) is 5.88 Å². The van der Waals surface area contributed by atoms with E-state index in [1.54, 1.807) is 0 Å². The molecular weight excluding hydrogens is 262 g/mol. The number of rotatable bonds is 5. The van der Waals surface area contributed by atoms with Crippen LogP contribution in [-0.2, 0) is 0 Å². The molecule has 1 heterocycles. The highest BCUT2D eigenvalue weighted by Crippen LogP contribution is 2.29. The molecule has 0 aromatic carbocycles. The lowest BCUT2D eigenvalue weighted by atomic mass is 10.3. The van der Waals surface area contributed by atoms with E-state index in [0.29, 0.717) is 0 Å². The topological polar surface area (TPSA) is 91.3 Å².